The Morgan fingerprint density at radius 1 is 1.38 bits per heavy atom. The third-order valence-corrected chi connectivity index (χ3v) is 5.61. The van der Waals surface area contributed by atoms with Gasteiger partial charge < -0.3 is 5.32 Å². The van der Waals surface area contributed by atoms with Crippen LogP contribution in [0.5, 0.6) is 0 Å². The number of nitrogens with one attached hydrogen (secondary N) is 1. The van der Waals surface area contributed by atoms with Gasteiger partial charge in [-0.3, -0.25) is 0 Å². The minimum absolute atomic E-state index is 0.259. The Bertz CT molecular complexity index is 669. The molecule has 0 fully saturated rings. The lowest BCUT2D eigenvalue weighted by molar-refractivity contribution is 0.469. The predicted octanol–water partition coefficient (Wildman–Crippen LogP) is 2.79. The second kappa shape index (κ2) is 7.02. The van der Waals surface area contributed by atoms with Gasteiger partial charge in [0, 0.05) is 37.3 Å². The topological polar surface area (TPSA) is 62.3 Å². The molecule has 0 spiro atoms. The van der Waals surface area contributed by atoms with Crippen molar-refractivity contribution in [2.45, 2.75) is 24.8 Å². The summed E-state index contributed by atoms with van der Waals surface area (Å²) in [6.07, 6.45) is 2.47. The highest BCUT2D eigenvalue weighted by Crippen LogP contribution is 2.20. The molecule has 0 bridgehead atoms. The van der Waals surface area contributed by atoms with Gasteiger partial charge in [0.2, 0.25) is 10.0 Å². The summed E-state index contributed by atoms with van der Waals surface area (Å²) in [7, 11) is -1.91. The van der Waals surface area contributed by atoms with E-state index in [0.717, 1.165) is 17.8 Å². The van der Waals surface area contributed by atoms with E-state index >= 15 is 0 Å². The number of hydrogen-bond acceptors (Lipinski definition) is 5. The molecule has 0 aromatic carbocycles. The maximum atomic E-state index is 12.6. The molecule has 0 aliphatic carbocycles. The van der Waals surface area contributed by atoms with Crippen molar-refractivity contribution < 1.29 is 8.42 Å². The number of thiophene rings is 1. The summed E-state index contributed by atoms with van der Waals surface area (Å²) < 4.78 is 26.5. The van der Waals surface area contributed by atoms with Gasteiger partial charge >= 0.3 is 0 Å². The van der Waals surface area contributed by atoms with Crippen LogP contribution in [0.1, 0.15) is 18.2 Å². The molecule has 5 nitrogen and oxygen atoms in total. The first kappa shape index (κ1) is 15.9. The molecule has 0 aliphatic heterocycles. The molecule has 2 aromatic heterocycles. The Morgan fingerprint density at radius 2 is 2.19 bits per heavy atom. The molecular formula is C14H19N3O2S2. The van der Waals surface area contributed by atoms with E-state index in [2.05, 4.69) is 10.3 Å². The maximum absolute atomic E-state index is 12.6. The van der Waals surface area contributed by atoms with Gasteiger partial charge in [-0.25, -0.2) is 13.4 Å². The Hall–Kier alpha value is -1.44. The highest BCUT2D eigenvalue weighted by atomic mass is 32.2. The molecule has 2 aromatic rings. The average Bonchev–Trinajstić information content (AvgIpc) is 2.98. The first-order valence-electron chi connectivity index (χ1n) is 6.72. The lowest BCUT2D eigenvalue weighted by Crippen LogP contribution is -2.26. The van der Waals surface area contributed by atoms with E-state index in [1.807, 2.05) is 24.4 Å². The number of sulfonamides is 1. The predicted molar refractivity (Wildman–Crippen MR) is 86.0 cm³/mol. The van der Waals surface area contributed by atoms with Gasteiger partial charge in [0.25, 0.3) is 0 Å². The van der Waals surface area contributed by atoms with Crippen molar-refractivity contribution in [1.82, 2.24) is 9.29 Å². The van der Waals surface area contributed by atoms with Crippen LogP contribution in [0, 0.1) is 0 Å². The van der Waals surface area contributed by atoms with Gasteiger partial charge in [0.1, 0.15) is 5.82 Å². The molecule has 0 radical (unpaired) electrons. The molecule has 0 saturated carbocycles. The van der Waals surface area contributed by atoms with Crippen LogP contribution in [0.25, 0.3) is 0 Å². The normalized spacial score (nSPS) is 11.8. The van der Waals surface area contributed by atoms with Crippen LogP contribution in [0.15, 0.2) is 40.7 Å². The van der Waals surface area contributed by atoms with E-state index in [0.29, 0.717) is 12.4 Å². The van der Waals surface area contributed by atoms with Gasteiger partial charge in [-0.1, -0.05) is 13.0 Å². The molecule has 0 aliphatic rings. The third kappa shape index (κ3) is 4.03. The maximum Gasteiger partial charge on any atom is 0.243 e. The minimum Gasteiger partial charge on any atom is -0.370 e. The summed E-state index contributed by atoms with van der Waals surface area (Å²) in [6.45, 7) is 3.18. The zero-order valence-electron chi connectivity index (χ0n) is 12.1. The summed E-state index contributed by atoms with van der Waals surface area (Å²) in [5.74, 6) is 0.586. The van der Waals surface area contributed by atoms with Crippen LogP contribution in [0.2, 0.25) is 0 Å². The fourth-order valence-corrected chi connectivity index (χ4v) is 3.81. The largest absolute Gasteiger partial charge is 0.370 e. The molecule has 0 saturated heterocycles. The quantitative estimate of drug-likeness (QED) is 0.850. The molecule has 7 heteroatoms. The Morgan fingerprint density at radius 3 is 2.86 bits per heavy atom. The standard InChI is InChI=1S/C14H19N3O2S2/c1-3-7-15-14-10-13(6-8-16-14)21(18,19)17(2)11-12-5-4-9-20-12/h4-6,8-10H,3,7,11H2,1-2H3,(H,15,16). The summed E-state index contributed by atoms with van der Waals surface area (Å²) in [6, 6.07) is 6.95. The second-order valence-electron chi connectivity index (χ2n) is 4.64. The Balaban J connectivity index is 2.18. The van der Waals surface area contributed by atoms with E-state index in [9.17, 15) is 8.42 Å². The van der Waals surface area contributed by atoms with E-state index in [1.54, 1.807) is 24.5 Å². The fourth-order valence-electron chi connectivity index (χ4n) is 1.81. The first-order valence-corrected chi connectivity index (χ1v) is 9.04. The molecule has 2 rings (SSSR count). The molecule has 21 heavy (non-hydrogen) atoms. The smallest absolute Gasteiger partial charge is 0.243 e. The van der Waals surface area contributed by atoms with E-state index < -0.39 is 10.0 Å². The lowest BCUT2D eigenvalue weighted by atomic mass is 10.4. The van der Waals surface area contributed by atoms with Gasteiger partial charge in [-0.2, -0.15) is 4.31 Å². The number of aromatic nitrogens is 1. The van der Waals surface area contributed by atoms with Gasteiger partial charge in [-0.15, -0.1) is 11.3 Å². The zero-order chi connectivity index (χ0) is 15.3. The highest BCUT2D eigenvalue weighted by molar-refractivity contribution is 7.89. The number of rotatable bonds is 7. The van der Waals surface area contributed by atoms with Gasteiger partial charge in [0.05, 0.1) is 4.90 Å². The number of hydrogen-bond donors (Lipinski definition) is 1. The van der Waals surface area contributed by atoms with Crippen molar-refractivity contribution in [2.75, 3.05) is 18.9 Å². The van der Waals surface area contributed by atoms with Crippen LogP contribution >= 0.6 is 11.3 Å². The molecule has 0 amide bonds. The SMILES string of the molecule is CCCNc1cc(S(=O)(=O)N(C)Cc2cccs2)ccn1. The van der Waals surface area contributed by atoms with Crippen LogP contribution in [0.4, 0.5) is 5.82 Å². The second-order valence-corrected chi connectivity index (χ2v) is 7.72. The van der Waals surface area contributed by atoms with Crippen molar-refractivity contribution in [1.29, 1.82) is 0 Å². The molecule has 114 valence electrons. The van der Waals surface area contributed by atoms with Gasteiger partial charge in [0.15, 0.2) is 0 Å². The summed E-state index contributed by atoms with van der Waals surface area (Å²) in [5, 5.41) is 5.04. The first-order chi connectivity index (χ1) is 10.0. The van der Waals surface area contributed by atoms with Crippen molar-refractivity contribution in [3.8, 4) is 0 Å². The summed E-state index contributed by atoms with van der Waals surface area (Å²) in [5.41, 5.74) is 0. The molecule has 1 N–H and O–H groups in total. The van der Waals surface area contributed by atoms with Crippen LogP contribution in [-0.2, 0) is 16.6 Å². The number of anilines is 1. The van der Waals surface area contributed by atoms with Gasteiger partial charge in [-0.05, 0) is 23.9 Å². The zero-order valence-corrected chi connectivity index (χ0v) is 13.7. The monoisotopic (exact) mass is 325 g/mol. The molecule has 0 unspecified atom stereocenters. The minimum atomic E-state index is -3.50. The van der Waals surface area contributed by atoms with E-state index in [4.69, 9.17) is 0 Å². The van der Waals surface area contributed by atoms with Crippen molar-refractivity contribution in [3.63, 3.8) is 0 Å². The Labute approximate surface area is 129 Å². The summed E-state index contributed by atoms with van der Waals surface area (Å²) >= 11 is 1.55. The van der Waals surface area contributed by atoms with Crippen LogP contribution in [-0.4, -0.2) is 31.3 Å². The molecule has 0 atom stereocenters. The Kier molecular flexibility index (Phi) is 5.33. The third-order valence-electron chi connectivity index (χ3n) is 2.95. The fraction of sp³-hybridized carbons (Fsp3) is 0.357. The van der Waals surface area contributed by atoms with Crippen molar-refractivity contribution in [3.05, 3.63) is 40.7 Å². The summed E-state index contributed by atoms with van der Waals surface area (Å²) in [4.78, 5) is 5.41. The average molecular weight is 325 g/mol. The highest BCUT2D eigenvalue weighted by Gasteiger charge is 2.21. The molecular weight excluding hydrogens is 306 g/mol. The van der Waals surface area contributed by atoms with Crippen molar-refractivity contribution >= 4 is 27.2 Å². The lowest BCUT2D eigenvalue weighted by Gasteiger charge is -2.16. The van der Waals surface area contributed by atoms with Crippen LogP contribution < -0.4 is 5.32 Å². The van der Waals surface area contributed by atoms with E-state index in [-0.39, 0.29) is 4.90 Å². The van der Waals surface area contributed by atoms with Crippen molar-refractivity contribution in [2.24, 2.45) is 0 Å². The van der Waals surface area contributed by atoms with E-state index in [1.165, 1.54) is 16.6 Å². The number of nitrogens with zero attached hydrogens (tertiary/aromatic N) is 2. The number of pyridine rings is 1. The molecule has 2 heterocycles. The van der Waals surface area contributed by atoms with Crippen LogP contribution in [0.3, 0.4) is 0 Å².